The Bertz CT molecular complexity index is 34.1. The number of unbranched alkanes of at least 4 members (excludes halogenated alkanes) is 2. The molecule has 2 radical (unpaired) electrons. The largest absolute Gasteiger partial charge is 0.516 e. The zero-order chi connectivity index (χ0) is 5.54. The first-order chi connectivity index (χ1) is 3.41. The SMILES string of the molecule is CCCCC[O][Al].Cl.Cl. The summed E-state index contributed by atoms with van der Waals surface area (Å²) in [6, 6.07) is 0. The summed E-state index contributed by atoms with van der Waals surface area (Å²) < 4.78 is 4.76. The summed E-state index contributed by atoms with van der Waals surface area (Å²) in [4.78, 5) is 0. The van der Waals surface area contributed by atoms with E-state index < -0.39 is 0 Å². The fourth-order valence-electron chi connectivity index (χ4n) is 0.435. The number of halogens is 2. The van der Waals surface area contributed by atoms with Crippen LogP contribution >= 0.6 is 24.8 Å². The molecule has 0 N–H and O–H groups in total. The summed E-state index contributed by atoms with van der Waals surface area (Å²) >= 11 is 2.25. The van der Waals surface area contributed by atoms with Gasteiger partial charge in [0.05, 0.1) is 0 Å². The average Bonchev–Trinajstić information content (AvgIpc) is 1.69. The third-order valence-electron chi connectivity index (χ3n) is 0.866. The zero-order valence-electron chi connectivity index (χ0n) is 5.63. The molecule has 0 bridgehead atoms. The van der Waals surface area contributed by atoms with Crippen LogP contribution in [0.15, 0.2) is 0 Å². The van der Waals surface area contributed by atoms with Gasteiger partial charge in [-0.1, -0.05) is 19.8 Å². The van der Waals surface area contributed by atoms with Crippen LogP contribution in [-0.2, 0) is 3.79 Å². The van der Waals surface area contributed by atoms with E-state index in [2.05, 4.69) is 23.5 Å². The van der Waals surface area contributed by atoms with Gasteiger partial charge in [0.15, 0.2) is 0 Å². The molecule has 0 aromatic carbocycles. The summed E-state index contributed by atoms with van der Waals surface area (Å²) in [6.07, 6.45) is 3.75. The van der Waals surface area contributed by atoms with Gasteiger partial charge in [0.25, 0.3) is 0 Å². The molecule has 1 nitrogen and oxygen atoms in total. The Kier molecular flexibility index (Phi) is 29.5. The van der Waals surface area contributed by atoms with Crippen LogP contribution in [-0.4, -0.2) is 23.2 Å². The third kappa shape index (κ3) is 17.6. The molecule has 0 aliphatic rings. The van der Waals surface area contributed by atoms with Crippen molar-refractivity contribution in [3.63, 3.8) is 0 Å². The topological polar surface area (TPSA) is 9.23 Å². The van der Waals surface area contributed by atoms with Crippen molar-refractivity contribution in [1.29, 1.82) is 0 Å². The lowest BCUT2D eigenvalue weighted by molar-refractivity contribution is 0.335. The van der Waals surface area contributed by atoms with Crippen molar-refractivity contribution in [2.45, 2.75) is 26.2 Å². The Morgan fingerprint density at radius 2 is 1.78 bits per heavy atom. The highest BCUT2D eigenvalue weighted by Gasteiger charge is 1.79. The Morgan fingerprint density at radius 1 is 1.22 bits per heavy atom. The summed E-state index contributed by atoms with van der Waals surface area (Å²) in [5.41, 5.74) is 0. The lowest BCUT2D eigenvalue weighted by Gasteiger charge is -1.94. The third-order valence-corrected chi connectivity index (χ3v) is 1.10. The van der Waals surface area contributed by atoms with Crippen molar-refractivity contribution in [1.82, 2.24) is 0 Å². The molecular weight excluding hydrogens is 174 g/mol. The van der Waals surface area contributed by atoms with E-state index in [-0.39, 0.29) is 24.8 Å². The van der Waals surface area contributed by atoms with E-state index in [0.29, 0.717) is 0 Å². The molecule has 0 aliphatic carbocycles. The van der Waals surface area contributed by atoms with Crippen molar-refractivity contribution in [2.24, 2.45) is 0 Å². The second kappa shape index (κ2) is 16.0. The average molecular weight is 187 g/mol. The first-order valence-corrected chi connectivity index (χ1v) is 3.20. The lowest BCUT2D eigenvalue weighted by Crippen LogP contribution is -1.87. The van der Waals surface area contributed by atoms with Crippen molar-refractivity contribution in [3.05, 3.63) is 0 Å². The monoisotopic (exact) mass is 186 g/mol. The fraction of sp³-hybridized carbons (Fsp3) is 1.00. The predicted molar refractivity (Wildman–Crippen MR) is 45.7 cm³/mol. The van der Waals surface area contributed by atoms with Gasteiger partial charge in [-0.3, -0.25) is 0 Å². The fourth-order valence-corrected chi connectivity index (χ4v) is 0.602. The first-order valence-electron chi connectivity index (χ1n) is 2.73. The molecule has 0 spiro atoms. The highest BCUT2D eigenvalue weighted by atomic mass is 35.5. The Balaban J connectivity index is -0.000000180. The van der Waals surface area contributed by atoms with E-state index in [1.807, 2.05) is 0 Å². The Hall–Kier alpha value is 1.07. The van der Waals surface area contributed by atoms with E-state index in [9.17, 15) is 0 Å². The summed E-state index contributed by atoms with van der Waals surface area (Å²) in [6.45, 7) is 3.07. The first kappa shape index (κ1) is 16.6. The minimum atomic E-state index is 0. The quantitative estimate of drug-likeness (QED) is 0.483. The van der Waals surface area contributed by atoms with Crippen LogP contribution < -0.4 is 0 Å². The molecule has 9 heavy (non-hydrogen) atoms. The van der Waals surface area contributed by atoms with E-state index in [1.54, 1.807) is 0 Å². The maximum Gasteiger partial charge on any atom is 0.369 e. The number of hydrogen-bond acceptors (Lipinski definition) is 1. The molecule has 56 valence electrons. The molecule has 0 rings (SSSR count). The van der Waals surface area contributed by atoms with Crippen molar-refractivity contribution in [2.75, 3.05) is 6.61 Å². The molecule has 0 aromatic rings. The number of hydrogen-bond donors (Lipinski definition) is 0. The van der Waals surface area contributed by atoms with Crippen molar-refractivity contribution in [3.8, 4) is 0 Å². The maximum absolute atomic E-state index is 4.76. The van der Waals surface area contributed by atoms with Gasteiger partial charge in [0, 0.05) is 6.61 Å². The van der Waals surface area contributed by atoms with Gasteiger partial charge < -0.3 is 3.79 Å². The summed E-state index contributed by atoms with van der Waals surface area (Å²) in [7, 11) is 0. The molecule has 0 heterocycles. The van der Waals surface area contributed by atoms with Gasteiger partial charge in [-0.2, -0.15) is 0 Å². The standard InChI is InChI=1S/C5H11O.Al.2ClH/c1-2-3-4-5-6;;;/h2-5H2,1H3;;2*1H/q-1;+1;;. The van der Waals surface area contributed by atoms with Gasteiger partial charge in [0.2, 0.25) is 0 Å². The van der Waals surface area contributed by atoms with Gasteiger partial charge in [0.1, 0.15) is 0 Å². The molecule has 0 aromatic heterocycles. The van der Waals surface area contributed by atoms with E-state index >= 15 is 0 Å². The molecule has 0 amide bonds. The van der Waals surface area contributed by atoms with Crippen molar-refractivity contribution >= 4 is 41.4 Å². The summed E-state index contributed by atoms with van der Waals surface area (Å²) in [5, 5.41) is 0. The van der Waals surface area contributed by atoms with E-state index in [0.717, 1.165) is 6.61 Å². The smallest absolute Gasteiger partial charge is 0.369 e. The normalized spacial score (nSPS) is 7.22. The molecule has 0 aliphatic heterocycles. The highest BCUT2D eigenvalue weighted by Crippen LogP contribution is 1.91. The maximum atomic E-state index is 4.76. The highest BCUT2D eigenvalue weighted by molar-refractivity contribution is 5.97. The Labute approximate surface area is 78.1 Å². The molecular formula is C5H13AlCl2O. The lowest BCUT2D eigenvalue weighted by atomic mass is 10.3. The van der Waals surface area contributed by atoms with Crippen LogP contribution in [0.25, 0.3) is 0 Å². The minimum absolute atomic E-state index is 0. The molecule has 0 fully saturated rings. The van der Waals surface area contributed by atoms with Crippen LogP contribution in [0.1, 0.15) is 26.2 Å². The van der Waals surface area contributed by atoms with Crippen LogP contribution in [0, 0.1) is 0 Å². The zero-order valence-corrected chi connectivity index (χ0v) is 8.42. The van der Waals surface area contributed by atoms with Crippen LogP contribution in [0.2, 0.25) is 0 Å². The molecule has 0 saturated carbocycles. The minimum Gasteiger partial charge on any atom is -0.516 e. The van der Waals surface area contributed by atoms with E-state index in [4.69, 9.17) is 3.79 Å². The van der Waals surface area contributed by atoms with Gasteiger partial charge >= 0.3 is 16.6 Å². The summed E-state index contributed by atoms with van der Waals surface area (Å²) in [5.74, 6) is 0. The van der Waals surface area contributed by atoms with E-state index in [1.165, 1.54) is 19.3 Å². The molecule has 0 saturated heterocycles. The Morgan fingerprint density at radius 3 is 2.11 bits per heavy atom. The second-order valence-electron chi connectivity index (χ2n) is 1.58. The molecule has 0 unspecified atom stereocenters. The van der Waals surface area contributed by atoms with Crippen LogP contribution in [0.5, 0.6) is 0 Å². The number of rotatable bonds is 4. The van der Waals surface area contributed by atoms with Gasteiger partial charge in [-0.25, -0.2) is 0 Å². The molecule has 4 heteroatoms. The van der Waals surface area contributed by atoms with Gasteiger partial charge in [-0.15, -0.1) is 24.8 Å². The molecule has 0 atom stereocenters. The van der Waals surface area contributed by atoms with Gasteiger partial charge in [-0.05, 0) is 6.42 Å². The second-order valence-corrected chi connectivity index (χ2v) is 1.91. The van der Waals surface area contributed by atoms with Crippen molar-refractivity contribution < 1.29 is 3.79 Å². The van der Waals surface area contributed by atoms with Crippen LogP contribution in [0.4, 0.5) is 0 Å². The van der Waals surface area contributed by atoms with Crippen LogP contribution in [0.3, 0.4) is 0 Å². The predicted octanol–water partition coefficient (Wildman–Crippen LogP) is 2.12.